The van der Waals surface area contributed by atoms with Gasteiger partial charge in [0.05, 0.1) is 6.61 Å². The molecule has 1 aromatic carbocycles. The predicted molar refractivity (Wildman–Crippen MR) is 76.3 cm³/mol. The molecule has 1 aromatic rings. The highest BCUT2D eigenvalue weighted by molar-refractivity contribution is 5.32. The summed E-state index contributed by atoms with van der Waals surface area (Å²) < 4.78 is 11.6. The lowest BCUT2D eigenvalue weighted by Crippen LogP contribution is -2.47. The van der Waals surface area contributed by atoms with Crippen LogP contribution in [0.5, 0.6) is 5.75 Å². The summed E-state index contributed by atoms with van der Waals surface area (Å²) in [6, 6.07) is 8.47. The SMILES string of the molecule is CC(C)N1CCOC(COc2ccccc2CN)C1. The number of morpholine rings is 1. The maximum Gasteiger partial charge on any atom is 0.123 e. The fourth-order valence-corrected chi connectivity index (χ4v) is 2.31. The van der Waals surface area contributed by atoms with Crippen molar-refractivity contribution in [3.05, 3.63) is 29.8 Å². The number of nitrogens with two attached hydrogens (primary N) is 1. The highest BCUT2D eigenvalue weighted by Crippen LogP contribution is 2.18. The van der Waals surface area contributed by atoms with Gasteiger partial charge in [-0.2, -0.15) is 0 Å². The molecule has 2 N–H and O–H groups in total. The molecule has 19 heavy (non-hydrogen) atoms. The van der Waals surface area contributed by atoms with Gasteiger partial charge in [-0.1, -0.05) is 18.2 Å². The third-order valence-corrected chi connectivity index (χ3v) is 3.52. The van der Waals surface area contributed by atoms with Crippen LogP contribution in [-0.4, -0.2) is 43.3 Å². The van der Waals surface area contributed by atoms with Crippen molar-refractivity contribution >= 4 is 0 Å². The van der Waals surface area contributed by atoms with E-state index in [4.69, 9.17) is 15.2 Å². The fraction of sp³-hybridized carbons (Fsp3) is 0.600. The van der Waals surface area contributed by atoms with Gasteiger partial charge in [-0.3, -0.25) is 4.90 Å². The molecule has 1 heterocycles. The van der Waals surface area contributed by atoms with Crippen LogP contribution in [0, 0.1) is 0 Å². The summed E-state index contributed by atoms with van der Waals surface area (Å²) in [5, 5.41) is 0. The molecule has 1 aliphatic heterocycles. The van der Waals surface area contributed by atoms with Gasteiger partial charge in [0, 0.05) is 31.2 Å². The van der Waals surface area contributed by atoms with E-state index in [0.29, 0.717) is 19.2 Å². The van der Waals surface area contributed by atoms with Crippen LogP contribution >= 0.6 is 0 Å². The van der Waals surface area contributed by atoms with E-state index in [0.717, 1.165) is 31.0 Å². The Labute approximate surface area is 115 Å². The Kier molecular flexibility index (Phi) is 5.19. The van der Waals surface area contributed by atoms with E-state index >= 15 is 0 Å². The molecule has 1 unspecified atom stereocenters. The van der Waals surface area contributed by atoms with Gasteiger partial charge in [0.15, 0.2) is 0 Å². The van der Waals surface area contributed by atoms with Gasteiger partial charge >= 0.3 is 0 Å². The average molecular weight is 264 g/mol. The fourth-order valence-electron chi connectivity index (χ4n) is 2.31. The monoisotopic (exact) mass is 264 g/mol. The lowest BCUT2D eigenvalue weighted by atomic mass is 10.2. The predicted octanol–water partition coefficient (Wildman–Crippen LogP) is 1.63. The number of para-hydroxylation sites is 1. The normalized spacial score (nSPS) is 20.7. The van der Waals surface area contributed by atoms with Gasteiger partial charge in [-0.25, -0.2) is 0 Å². The molecule has 1 atom stereocenters. The molecule has 1 fully saturated rings. The summed E-state index contributed by atoms with van der Waals surface area (Å²) in [4.78, 5) is 2.42. The van der Waals surface area contributed by atoms with Gasteiger partial charge in [0.2, 0.25) is 0 Å². The number of nitrogens with zero attached hydrogens (tertiary/aromatic N) is 1. The van der Waals surface area contributed by atoms with Crippen molar-refractivity contribution in [3.63, 3.8) is 0 Å². The molecule has 0 spiro atoms. The van der Waals surface area contributed by atoms with Crippen molar-refractivity contribution in [2.24, 2.45) is 5.73 Å². The lowest BCUT2D eigenvalue weighted by molar-refractivity contribution is -0.0565. The Morgan fingerprint density at radius 1 is 1.42 bits per heavy atom. The summed E-state index contributed by atoms with van der Waals surface area (Å²) in [6.07, 6.45) is 0.141. The van der Waals surface area contributed by atoms with Crippen LogP contribution in [0.25, 0.3) is 0 Å². The molecule has 1 saturated heterocycles. The minimum atomic E-state index is 0.141. The van der Waals surface area contributed by atoms with Crippen molar-refractivity contribution in [2.75, 3.05) is 26.3 Å². The van der Waals surface area contributed by atoms with Gasteiger partial charge < -0.3 is 15.2 Å². The Morgan fingerprint density at radius 2 is 2.21 bits per heavy atom. The summed E-state index contributed by atoms with van der Waals surface area (Å²) in [5.74, 6) is 0.871. The highest BCUT2D eigenvalue weighted by atomic mass is 16.5. The van der Waals surface area contributed by atoms with Crippen molar-refractivity contribution in [1.29, 1.82) is 0 Å². The molecule has 0 bridgehead atoms. The van der Waals surface area contributed by atoms with E-state index in [1.54, 1.807) is 0 Å². The number of hydrogen-bond acceptors (Lipinski definition) is 4. The molecule has 0 amide bonds. The standard InChI is InChI=1S/C15H24N2O2/c1-12(2)17-7-8-18-14(10-17)11-19-15-6-4-3-5-13(15)9-16/h3-6,12,14H,7-11,16H2,1-2H3. The first kappa shape index (κ1) is 14.3. The van der Waals surface area contributed by atoms with Crippen molar-refractivity contribution in [3.8, 4) is 5.75 Å². The van der Waals surface area contributed by atoms with Gasteiger partial charge in [-0.15, -0.1) is 0 Å². The molecule has 2 rings (SSSR count). The summed E-state index contributed by atoms with van der Waals surface area (Å²) in [5.41, 5.74) is 6.74. The summed E-state index contributed by atoms with van der Waals surface area (Å²) in [7, 11) is 0. The van der Waals surface area contributed by atoms with Crippen molar-refractivity contribution in [2.45, 2.75) is 32.5 Å². The molecule has 0 aliphatic carbocycles. The summed E-state index contributed by atoms with van der Waals surface area (Å²) in [6.45, 7) is 8.24. The van der Waals surface area contributed by atoms with Crippen LogP contribution in [0.4, 0.5) is 0 Å². The second-order valence-electron chi connectivity index (χ2n) is 5.20. The molecule has 4 nitrogen and oxygen atoms in total. The largest absolute Gasteiger partial charge is 0.490 e. The molecule has 0 radical (unpaired) electrons. The van der Waals surface area contributed by atoms with Gasteiger partial charge in [-0.05, 0) is 19.9 Å². The van der Waals surface area contributed by atoms with Crippen LogP contribution < -0.4 is 10.5 Å². The summed E-state index contributed by atoms with van der Waals surface area (Å²) >= 11 is 0. The number of rotatable bonds is 5. The Hall–Kier alpha value is -1.10. The zero-order valence-electron chi connectivity index (χ0n) is 11.8. The number of benzene rings is 1. The van der Waals surface area contributed by atoms with Gasteiger partial charge in [0.25, 0.3) is 0 Å². The van der Waals surface area contributed by atoms with Crippen molar-refractivity contribution < 1.29 is 9.47 Å². The molecular weight excluding hydrogens is 240 g/mol. The average Bonchev–Trinajstić information content (AvgIpc) is 2.45. The Balaban J connectivity index is 1.88. The van der Waals surface area contributed by atoms with Gasteiger partial charge in [0.1, 0.15) is 18.5 Å². The van der Waals surface area contributed by atoms with Crippen LogP contribution in [-0.2, 0) is 11.3 Å². The Bertz CT molecular complexity index is 395. The first-order valence-corrected chi connectivity index (χ1v) is 6.97. The lowest BCUT2D eigenvalue weighted by Gasteiger charge is -2.35. The maximum atomic E-state index is 5.86. The molecule has 4 heteroatoms. The molecule has 106 valence electrons. The van der Waals surface area contributed by atoms with E-state index in [1.807, 2.05) is 24.3 Å². The van der Waals surface area contributed by atoms with Crippen LogP contribution in [0.2, 0.25) is 0 Å². The third-order valence-electron chi connectivity index (χ3n) is 3.52. The highest BCUT2D eigenvalue weighted by Gasteiger charge is 2.22. The molecular formula is C15H24N2O2. The van der Waals surface area contributed by atoms with E-state index in [-0.39, 0.29) is 6.10 Å². The second-order valence-corrected chi connectivity index (χ2v) is 5.20. The second kappa shape index (κ2) is 6.89. The van der Waals surface area contributed by atoms with Crippen molar-refractivity contribution in [1.82, 2.24) is 4.90 Å². The van der Waals surface area contributed by atoms with E-state index in [1.165, 1.54) is 0 Å². The molecule has 0 aromatic heterocycles. The maximum absolute atomic E-state index is 5.86. The number of ether oxygens (including phenoxy) is 2. The zero-order chi connectivity index (χ0) is 13.7. The van der Waals surface area contributed by atoms with Crippen LogP contribution in [0.15, 0.2) is 24.3 Å². The van der Waals surface area contributed by atoms with Crippen LogP contribution in [0.1, 0.15) is 19.4 Å². The molecule has 1 aliphatic rings. The smallest absolute Gasteiger partial charge is 0.123 e. The first-order chi connectivity index (χ1) is 9.20. The quantitative estimate of drug-likeness (QED) is 0.878. The minimum absolute atomic E-state index is 0.141. The Morgan fingerprint density at radius 3 is 2.95 bits per heavy atom. The van der Waals surface area contributed by atoms with E-state index < -0.39 is 0 Å². The van der Waals surface area contributed by atoms with E-state index in [9.17, 15) is 0 Å². The first-order valence-electron chi connectivity index (χ1n) is 6.97. The topological polar surface area (TPSA) is 47.7 Å². The number of hydrogen-bond donors (Lipinski definition) is 1. The van der Waals surface area contributed by atoms with Crippen LogP contribution in [0.3, 0.4) is 0 Å². The molecule has 0 saturated carbocycles. The minimum Gasteiger partial charge on any atom is -0.490 e. The third kappa shape index (κ3) is 3.93. The van der Waals surface area contributed by atoms with E-state index in [2.05, 4.69) is 18.7 Å². The zero-order valence-corrected chi connectivity index (χ0v) is 11.8.